The lowest BCUT2D eigenvalue weighted by Gasteiger charge is -2.23. The lowest BCUT2D eigenvalue weighted by molar-refractivity contribution is -0.125. The van der Waals surface area contributed by atoms with E-state index in [0.717, 1.165) is 21.3 Å². The highest BCUT2D eigenvalue weighted by Gasteiger charge is 2.28. The smallest absolute Gasteiger partial charge is 0.228 e. The number of anilines is 2. The fraction of sp³-hybridized carbons (Fsp3) is 0.188. The van der Waals surface area contributed by atoms with Crippen molar-refractivity contribution < 1.29 is 9.59 Å². The number of hydrogen-bond donors (Lipinski definition) is 3. The van der Waals surface area contributed by atoms with Gasteiger partial charge < -0.3 is 10.6 Å². The normalized spacial score (nSPS) is 16.0. The second kappa shape index (κ2) is 6.96. The quantitative estimate of drug-likeness (QED) is 0.586. The third-order valence-electron chi connectivity index (χ3n) is 4.08. The number of halogens is 1. The Bertz CT molecular complexity index is 971. The molecule has 0 radical (unpaired) electrons. The molecular weight excluding hydrogens is 420 g/mol. The maximum atomic E-state index is 12.5. The maximum absolute atomic E-state index is 12.5. The largest absolute Gasteiger partial charge is 0.325 e. The zero-order valence-corrected chi connectivity index (χ0v) is 15.7. The van der Waals surface area contributed by atoms with Crippen LogP contribution in [0, 0.1) is 5.92 Å². The van der Waals surface area contributed by atoms with Crippen molar-refractivity contribution in [3.8, 4) is 11.4 Å². The van der Waals surface area contributed by atoms with Crippen molar-refractivity contribution in [2.24, 2.45) is 5.92 Å². The second-order valence-electron chi connectivity index (χ2n) is 5.80. The summed E-state index contributed by atoms with van der Waals surface area (Å²) in [4.78, 5) is 33.0. The highest BCUT2D eigenvalue weighted by atomic mass is 79.9. The lowest BCUT2D eigenvalue weighted by Crippen LogP contribution is -2.33. The SMILES string of the molecule is O=C(CC1Cc2cnccc2NC1=O)Nc1scc(Br)c1-c1ncn[nH]1. The Morgan fingerprint density at radius 3 is 3.15 bits per heavy atom. The van der Waals surface area contributed by atoms with E-state index in [4.69, 9.17) is 0 Å². The molecule has 0 aromatic carbocycles. The van der Waals surface area contributed by atoms with Crippen LogP contribution in [0.4, 0.5) is 10.7 Å². The zero-order chi connectivity index (χ0) is 18.1. The number of carbonyl (C=O) groups is 2. The first-order valence-corrected chi connectivity index (χ1v) is 9.45. The summed E-state index contributed by atoms with van der Waals surface area (Å²) >= 11 is 4.83. The van der Waals surface area contributed by atoms with Crippen LogP contribution in [-0.2, 0) is 16.0 Å². The molecule has 2 amide bonds. The molecule has 8 nitrogen and oxygen atoms in total. The number of nitrogens with zero attached hydrogens (tertiary/aromatic N) is 3. The molecule has 3 aromatic rings. The molecule has 1 atom stereocenters. The molecule has 0 bridgehead atoms. The van der Waals surface area contributed by atoms with E-state index in [1.165, 1.54) is 17.7 Å². The molecule has 0 fully saturated rings. The average molecular weight is 433 g/mol. The maximum Gasteiger partial charge on any atom is 0.228 e. The van der Waals surface area contributed by atoms with Gasteiger partial charge in [0.1, 0.15) is 11.3 Å². The Balaban J connectivity index is 1.48. The Labute approximate surface area is 160 Å². The van der Waals surface area contributed by atoms with Crippen molar-refractivity contribution in [1.29, 1.82) is 0 Å². The number of carbonyl (C=O) groups excluding carboxylic acids is 2. The van der Waals surface area contributed by atoms with Crippen LogP contribution in [0.3, 0.4) is 0 Å². The molecule has 0 aliphatic carbocycles. The van der Waals surface area contributed by atoms with Gasteiger partial charge in [0.25, 0.3) is 0 Å². The summed E-state index contributed by atoms with van der Waals surface area (Å²) < 4.78 is 0.810. The molecule has 26 heavy (non-hydrogen) atoms. The van der Waals surface area contributed by atoms with Gasteiger partial charge in [-0.2, -0.15) is 5.10 Å². The number of aromatic nitrogens is 4. The predicted molar refractivity (Wildman–Crippen MR) is 101 cm³/mol. The molecule has 4 rings (SSSR count). The van der Waals surface area contributed by atoms with Gasteiger partial charge >= 0.3 is 0 Å². The molecule has 1 aliphatic heterocycles. The minimum atomic E-state index is -0.427. The molecule has 1 aliphatic rings. The van der Waals surface area contributed by atoms with Crippen LogP contribution in [0.15, 0.2) is 34.6 Å². The molecular formula is C16H13BrN6O2S. The first-order chi connectivity index (χ1) is 12.6. The van der Waals surface area contributed by atoms with Gasteiger partial charge in [-0.3, -0.25) is 19.7 Å². The van der Waals surface area contributed by atoms with Crippen molar-refractivity contribution >= 4 is 49.8 Å². The van der Waals surface area contributed by atoms with Gasteiger partial charge in [0, 0.05) is 34.4 Å². The topological polar surface area (TPSA) is 113 Å². The predicted octanol–water partition coefficient (Wildman–Crippen LogP) is 2.83. The van der Waals surface area contributed by atoms with Crippen LogP contribution in [0.2, 0.25) is 0 Å². The first kappa shape index (κ1) is 16.9. The summed E-state index contributed by atoms with van der Waals surface area (Å²) in [6.07, 6.45) is 5.34. The molecule has 132 valence electrons. The van der Waals surface area contributed by atoms with E-state index >= 15 is 0 Å². The fourth-order valence-electron chi connectivity index (χ4n) is 2.85. The standard InChI is InChI=1S/C16H13BrN6O2S/c17-10-6-26-16(13(10)14-19-7-20-23-14)22-12(24)4-8-3-9-5-18-2-1-11(9)21-15(8)25/h1-2,5-8H,3-4H2,(H,21,25)(H,22,24)(H,19,20,23). The van der Waals surface area contributed by atoms with Crippen LogP contribution in [0.25, 0.3) is 11.4 Å². The number of amides is 2. The van der Waals surface area contributed by atoms with Crippen molar-refractivity contribution in [3.63, 3.8) is 0 Å². The minimum Gasteiger partial charge on any atom is -0.325 e. The van der Waals surface area contributed by atoms with E-state index in [2.05, 4.69) is 46.7 Å². The van der Waals surface area contributed by atoms with Gasteiger partial charge in [-0.25, -0.2) is 4.98 Å². The van der Waals surface area contributed by atoms with E-state index in [9.17, 15) is 9.59 Å². The van der Waals surface area contributed by atoms with Crippen LogP contribution in [0.5, 0.6) is 0 Å². The molecule has 0 saturated heterocycles. The van der Waals surface area contributed by atoms with E-state index in [1.54, 1.807) is 18.5 Å². The number of pyridine rings is 1. The number of thiophene rings is 1. The number of aromatic amines is 1. The van der Waals surface area contributed by atoms with Crippen LogP contribution >= 0.6 is 27.3 Å². The lowest BCUT2D eigenvalue weighted by atomic mass is 9.91. The van der Waals surface area contributed by atoms with E-state index in [1.807, 2.05) is 5.38 Å². The van der Waals surface area contributed by atoms with Crippen molar-refractivity contribution in [2.45, 2.75) is 12.8 Å². The van der Waals surface area contributed by atoms with Crippen molar-refractivity contribution in [3.05, 3.63) is 40.2 Å². The molecule has 4 heterocycles. The summed E-state index contributed by atoms with van der Waals surface area (Å²) in [6.45, 7) is 0. The summed E-state index contributed by atoms with van der Waals surface area (Å²) in [7, 11) is 0. The van der Waals surface area contributed by atoms with Gasteiger partial charge in [-0.1, -0.05) is 0 Å². The zero-order valence-electron chi connectivity index (χ0n) is 13.3. The number of fused-ring (bicyclic) bond motifs is 1. The molecule has 1 unspecified atom stereocenters. The van der Waals surface area contributed by atoms with Gasteiger partial charge in [0.2, 0.25) is 11.8 Å². The number of nitrogens with one attached hydrogen (secondary N) is 3. The van der Waals surface area contributed by atoms with E-state index < -0.39 is 5.92 Å². The van der Waals surface area contributed by atoms with Crippen molar-refractivity contribution in [2.75, 3.05) is 10.6 Å². The summed E-state index contributed by atoms with van der Waals surface area (Å²) in [6, 6.07) is 1.76. The summed E-state index contributed by atoms with van der Waals surface area (Å²) in [5.41, 5.74) is 2.44. The van der Waals surface area contributed by atoms with Crippen molar-refractivity contribution in [1.82, 2.24) is 20.2 Å². The van der Waals surface area contributed by atoms with E-state index in [-0.39, 0.29) is 18.2 Å². The summed E-state index contributed by atoms with van der Waals surface area (Å²) in [5, 5.41) is 14.8. The number of hydrogen-bond acceptors (Lipinski definition) is 6. The Kier molecular flexibility index (Phi) is 4.51. The first-order valence-electron chi connectivity index (χ1n) is 7.78. The molecule has 0 spiro atoms. The monoisotopic (exact) mass is 432 g/mol. The highest BCUT2D eigenvalue weighted by Crippen LogP contribution is 2.39. The van der Waals surface area contributed by atoms with E-state index in [0.29, 0.717) is 17.2 Å². The second-order valence-corrected chi connectivity index (χ2v) is 7.53. The highest BCUT2D eigenvalue weighted by molar-refractivity contribution is 9.10. The third kappa shape index (κ3) is 3.25. The van der Waals surface area contributed by atoms with Gasteiger partial charge in [-0.15, -0.1) is 11.3 Å². The van der Waals surface area contributed by atoms with Gasteiger partial charge in [0.15, 0.2) is 5.82 Å². The summed E-state index contributed by atoms with van der Waals surface area (Å²) in [5.74, 6) is -0.248. The van der Waals surface area contributed by atoms with Gasteiger partial charge in [0.05, 0.1) is 11.5 Å². The third-order valence-corrected chi connectivity index (χ3v) is 5.91. The fourth-order valence-corrected chi connectivity index (χ4v) is 4.48. The van der Waals surface area contributed by atoms with Crippen LogP contribution in [0.1, 0.15) is 12.0 Å². The minimum absolute atomic E-state index is 0.0888. The van der Waals surface area contributed by atoms with Gasteiger partial charge in [-0.05, 0) is 34.0 Å². The molecule has 3 aromatic heterocycles. The van der Waals surface area contributed by atoms with Crippen LogP contribution in [-0.4, -0.2) is 32.0 Å². The molecule has 3 N–H and O–H groups in total. The Hall–Kier alpha value is -2.59. The number of H-pyrrole nitrogens is 1. The Morgan fingerprint density at radius 2 is 2.35 bits per heavy atom. The Morgan fingerprint density at radius 1 is 1.46 bits per heavy atom. The average Bonchev–Trinajstić information content (AvgIpc) is 3.25. The van der Waals surface area contributed by atoms with Crippen LogP contribution < -0.4 is 10.6 Å². The molecule has 0 saturated carbocycles. The molecule has 10 heteroatoms. The number of rotatable bonds is 4.